The maximum Gasteiger partial charge on any atom is 0.433 e. The zero-order valence-electron chi connectivity index (χ0n) is 18.6. The minimum atomic E-state index is -4.60. The number of halogens is 3. The molecule has 2 aliphatic heterocycles. The van der Waals surface area contributed by atoms with Gasteiger partial charge in [-0.25, -0.2) is 4.99 Å². The first-order chi connectivity index (χ1) is 15.8. The number of alkyl halides is 3. The number of allylic oxidation sites excluding steroid dienone is 3. The summed E-state index contributed by atoms with van der Waals surface area (Å²) in [7, 11) is 0. The van der Waals surface area contributed by atoms with Gasteiger partial charge in [-0.2, -0.15) is 18.4 Å². The fraction of sp³-hybridized carbons (Fsp3) is 0.458. The Hall–Kier alpha value is -3.28. The Morgan fingerprint density at radius 1 is 1.15 bits per heavy atom. The zero-order valence-corrected chi connectivity index (χ0v) is 18.6. The minimum absolute atomic E-state index is 0.0349. The molecular weight excluding hydrogens is 433 g/mol. The van der Waals surface area contributed by atoms with Gasteiger partial charge in [0, 0.05) is 38.2 Å². The van der Waals surface area contributed by atoms with Gasteiger partial charge in [0.1, 0.15) is 17.3 Å². The van der Waals surface area contributed by atoms with E-state index in [4.69, 9.17) is 4.74 Å². The van der Waals surface area contributed by atoms with Gasteiger partial charge in [0.05, 0.1) is 19.1 Å². The van der Waals surface area contributed by atoms with Crippen molar-refractivity contribution in [3.05, 3.63) is 53.3 Å². The van der Waals surface area contributed by atoms with Gasteiger partial charge in [-0.1, -0.05) is 25.5 Å². The summed E-state index contributed by atoms with van der Waals surface area (Å²) in [6, 6.07) is 9.38. The van der Waals surface area contributed by atoms with Crippen molar-refractivity contribution in [1.29, 1.82) is 5.26 Å². The van der Waals surface area contributed by atoms with Gasteiger partial charge < -0.3 is 14.5 Å². The number of nitriles is 1. The molecule has 176 valence electrons. The Kier molecular flexibility index (Phi) is 8.15. The van der Waals surface area contributed by atoms with E-state index in [-0.39, 0.29) is 30.2 Å². The van der Waals surface area contributed by atoms with Crippen molar-refractivity contribution in [2.75, 3.05) is 32.8 Å². The van der Waals surface area contributed by atoms with Gasteiger partial charge in [-0.3, -0.25) is 4.79 Å². The molecule has 1 fully saturated rings. The number of nitrogens with zero attached hydrogens (tertiary/aromatic N) is 4. The molecule has 2 heterocycles. The van der Waals surface area contributed by atoms with E-state index in [9.17, 15) is 23.2 Å². The van der Waals surface area contributed by atoms with Crippen LogP contribution in [0.15, 0.2) is 52.7 Å². The van der Waals surface area contributed by atoms with Crippen LogP contribution in [0.5, 0.6) is 5.75 Å². The van der Waals surface area contributed by atoms with Crippen molar-refractivity contribution in [3.63, 3.8) is 0 Å². The van der Waals surface area contributed by atoms with Crippen LogP contribution in [-0.2, 0) is 11.2 Å². The molecule has 1 aromatic carbocycles. The molecule has 1 saturated heterocycles. The highest BCUT2D eigenvalue weighted by Crippen LogP contribution is 2.29. The molecular formula is C24H27F3N4O2. The van der Waals surface area contributed by atoms with E-state index < -0.39 is 11.9 Å². The molecule has 33 heavy (non-hydrogen) atoms. The highest BCUT2D eigenvalue weighted by Gasteiger charge is 2.35. The van der Waals surface area contributed by atoms with Gasteiger partial charge in [0.25, 0.3) is 0 Å². The number of hydrogen-bond donors (Lipinski definition) is 0. The van der Waals surface area contributed by atoms with E-state index in [0.29, 0.717) is 32.8 Å². The summed E-state index contributed by atoms with van der Waals surface area (Å²) >= 11 is 0. The quantitative estimate of drug-likeness (QED) is 0.595. The normalized spacial score (nSPS) is 16.9. The predicted molar refractivity (Wildman–Crippen MR) is 119 cm³/mol. The van der Waals surface area contributed by atoms with Crippen LogP contribution in [0, 0.1) is 11.3 Å². The van der Waals surface area contributed by atoms with Crippen molar-refractivity contribution in [1.82, 2.24) is 9.80 Å². The molecule has 0 radical (unpaired) electrons. The van der Waals surface area contributed by atoms with Crippen LogP contribution in [0.4, 0.5) is 13.2 Å². The van der Waals surface area contributed by atoms with Crippen LogP contribution in [0.1, 0.15) is 31.7 Å². The number of aliphatic imine (C=N–C) groups is 1. The number of carbonyl (C=O) groups is 1. The molecule has 9 heteroatoms. The molecule has 0 bridgehead atoms. The van der Waals surface area contributed by atoms with Crippen LogP contribution >= 0.6 is 0 Å². The highest BCUT2D eigenvalue weighted by atomic mass is 19.4. The largest absolute Gasteiger partial charge is 0.494 e. The summed E-state index contributed by atoms with van der Waals surface area (Å²) in [6.07, 6.45) is -0.262. The Balaban J connectivity index is 1.56. The summed E-state index contributed by atoms with van der Waals surface area (Å²) in [5.74, 6) is 0.940. The van der Waals surface area contributed by atoms with Gasteiger partial charge in [0.15, 0.2) is 0 Å². The fourth-order valence-electron chi connectivity index (χ4n) is 3.58. The van der Waals surface area contributed by atoms with E-state index in [1.54, 1.807) is 9.80 Å². The minimum Gasteiger partial charge on any atom is -0.494 e. The number of rotatable bonds is 6. The summed E-state index contributed by atoms with van der Waals surface area (Å²) in [5, 5.41) is 9.18. The van der Waals surface area contributed by atoms with Gasteiger partial charge in [0.2, 0.25) is 5.91 Å². The number of amides is 1. The van der Waals surface area contributed by atoms with Crippen LogP contribution in [0.3, 0.4) is 0 Å². The summed E-state index contributed by atoms with van der Waals surface area (Å²) in [4.78, 5) is 20.0. The Morgan fingerprint density at radius 3 is 2.45 bits per heavy atom. The first-order valence-corrected chi connectivity index (χ1v) is 11.0. The molecule has 1 amide bonds. The number of hydrogen-bond acceptors (Lipinski definition) is 5. The van der Waals surface area contributed by atoms with Gasteiger partial charge in [-0.05, 0) is 36.3 Å². The van der Waals surface area contributed by atoms with Crippen molar-refractivity contribution in [2.24, 2.45) is 4.99 Å². The average Bonchev–Trinajstić information content (AvgIpc) is 3.03. The number of ether oxygens (including phenoxy) is 1. The molecule has 0 N–H and O–H groups in total. The molecule has 0 spiro atoms. The Morgan fingerprint density at radius 2 is 1.85 bits per heavy atom. The second kappa shape index (κ2) is 11.0. The van der Waals surface area contributed by atoms with Gasteiger partial charge in [-0.15, -0.1) is 0 Å². The standard InChI is InChI=1S/C24H27F3N4O2/c1-2-3-14-33-20-7-4-18(5-8-20)16-23(32)31-12-10-30(11-13-31)22-15-19(17-28)6-9-21(29-22)24(25,26)27/h4-9H,2-3,10-16H2,1H3. The molecule has 6 nitrogen and oxygen atoms in total. The number of carbonyl (C=O) groups excluding carboxylic acids is 1. The lowest BCUT2D eigenvalue weighted by atomic mass is 10.1. The van der Waals surface area contributed by atoms with E-state index in [1.807, 2.05) is 30.3 Å². The molecule has 0 aromatic heterocycles. The third-order valence-electron chi connectivity index (χ3n) is 5.52. The maximum absolute atomic E-state index is 13.2. The lowest BCUT2D eigenvalue weighted by Crippen LogP contribution is -2.51. The molecule has 0 atom stereocenters. The van der Waals surface area contributed by atoms with Crippen molar-refractivity contribution < 1.29 is 22.7 Å². The maximum atomic E-state index is 13.2. The number of benzene rings is 1. The topological polar surface area (TPSA) is 68.9 Å². The monoisotopic (exact) mass is 460 g/mol. The van der Waals surface area contributed by atoms with Crippen molar-refractivity contribution in [2.45, 2.75) is 38.8 Å². The number of unbranched alkanes of at least 4 members (excludes halogenated alkanes) is 1. The number of piperazine rings is 1. The first-order valence-electron chi connectivity index (χ1n) is 11.0. The molecule has 0 aliphatic carbocycles. The molecule has 2 aliphatic rings. The van der Waals surface area contributed by atoms with E-state index in [0.717, 1.165) is 30.2 Å². The fourth-order valence-corrected chi connectivity index (χ4v) is 3.58. The van der Waals surface area contributed by atoms with Crippen molar-refractivity contribution >= 4 is 11.7 Å². The van der Waals surface area contributed by atoms with Crippen LogP contribution < -0.4 is 4.74 Å². The summed E-state index contributed by atoms with van der Waals surface area (Å²) < 4.78 is 45.2. The Bertz CT molecular complexity index is 967. The molecule has 3 rings (SSSR count). The second-order valence-corrected chi connectivity index (χ2v) is 7.95. The zero-order chi connectivity index (χ0) is 23.8. The molecule has 1 aromatic rings. The van der Waals surface area contributed by atoms with Crippen molar-refractivity contribution in [3.8, 4) is 11.8 Å². The van der Waals surface area contributed by atoms with Crippen LogP contribution in [0.2, 0.25) is 0 Å². The van der Waals surface area contributed by atoms with Crippen LogP contribution in [-0.4, -0.2) is 60.5 Å². The summed E-state index contributed by atoms with van der Waals surface area (Å²) in [5.41, 5.74) is 0.0687. The molecule has 0 unspecified atom stereocenters. The molecule has 0 saturated carbocycles. The lowest BCUT2D eigenvalue weighted by Gasteiger charge is -2.36. The number of amidine groups is 1. The van der Waals surface area contributed by atoms with E-state index >= 15 is 0 Å². The summed E-state index contributed by atoms with van der Waals surface area (Å²) in [6.45, 7) is 4.24. The lowest BCUT2D eigenvalue weighted by molar-refractivity contribution is -0.131. The van der Waals surface area contributed by atoms with Gasteiger partial charge >= 0.3 is 6.18 Å². The van der Waals surface area contributed by atoms with Crippen LogP contribution in [0.25, 0.3) is 0 Å². The third-order valence-corrected chi connectivity index (χ3v) is 5.52. The highest BCUT2D eigenvalue weighted by molar-refractivity contribution is 5.87. The third kappa shape index (κ3) is 6.85. The SMILES string of the molecule is CCCCOc1ccc(CC(=O)N2CCN(C3=NC(C(F)(F)F)=CC=C(C#N)C3)CC2)cc1. The smallest absolute Gasteiger partial charge is 0.433 e. The van der Waals surface area contributed by atoms with E-state index in [2.05, 4.69) is 11.9 Å². The average molecular weight is 461 g/mol. The second-order valence-electron chi connectivity index (χ2n) is 7.95. The first kappa shape index (κ1) is 24.4. The Labute approximate surface area is 191 Å². The predicted octanol–water partition coefficient (Wildman–Crippen LogP) is 4.25. The van der Waals surface area contributed by atoms with E-state index in [1.165, 1.54) is 6.08 Å².